The minimum atomic E-state index is 0.586. The highest BCUT2D eigenvalue weighted by Crippen LogP contribution is 2.28. The van der Waals surface area contributed by atoms with E-state index in [9.17, 15) is 0 Å². The van der Waals surface area contributed by atoms with Gasteiger partial charge in [0.2, 0.25) is 0 Å². The maximum atomic E-state index is 6.11. The lowest BCUT2D eigenvalue weighted by Crippen LogP contribution is -2.28. The summed E-state index contributed by atoms with van der Waals surface area (Å²) in [5.74, 6) is 2.89. The molecule has 3 heteroatoms. The lowest BCUT2D eigenvalue weighted by molar-refractivity contribution is 0.264. The lowest BCUT2D eigenvalue weighted by Gasteiger charge is -2.17. The number of rotatable bonds is 5. The molecule has 1 atom stereocenters. The van der Waals surface area contributed by atoms with Crippen LogP contribution in [0.4, 0.5) is 0 Å². The van der Waals surface area contributed by atoms with Gasteiger partial charge < -0.3 is 4.74 Å². The molecule has 2 aromatic rings. The maximum Gasteiger partial charge on any atom is 0.127 e. The summed E-state index contributed by atoms with van der Waals surface area (Å²) in [6, 6.07) is 14.7. The molecule has 0 aliphatic carbocycles. The fourth-order valence-electron chi connectivity index (χ4n) is 2.85. The number of fused-ring (bicyclic) bond motifs is 1. The number of benzene rings is 2. The van der Waals surface area contributed by atoms with Gasteiger partial charge >= 0.3 is 0 Å². The van der Waals surface area contributed by atoms with Crippen molar-refractivity contribution in [3.8, 4) is 5.75 Å². The molecule has 0 bridgehead atoms. The molecular formula is C18H23NOS. The Bertz CT molecular complexity index is 593. The molecule has 1 heterocycles. The van der Waals surface area contributed by atoms with E-state index in [1.807, 2.05) is 11.8 Å². The smallest absolute Gasteiger partial charge is 0.127 e. The first-order valence-electron chi connectivity index (χ1n) is 7.67. The van der Waals surface area contributed by atoms with Crippen molar-refractivity contribution in [2.24, 2.45) is 5.92 Å². The van der Waals surface area contributed by atoms with Crippen LogP contribution in [0.2, 0.25) is 0 Å². The van der Waals surface area contributed by atoms with Gasteiger partial charge in [-0.2, -0.15) is 0 Å². The second-order valence-corrected chi connectivity index (χ2v) is 7.39. The third-order valence-electron chi connectivity index (χ3n) is 3.75. The summed E-state index contributed by atoms with van der Waals surface area (Å²) in [5, 5.41) is 3.04. The Labute approximate surface area is 131 Å². The Morgan fingerprint density at radius 3 is 2.86 bits per heavy atom. The van der Waals surface area contributed by atoms with Crippen LogP contribution in [-0.2, 0) is 0 Å². The van der Waals surface area contributed by atoms with Crippen molar-refractivity contribution in [3.63, 3.8) is 0 Å². The molecule has 2 aromatic carbocycles. The van der Waals surface area contributed by atoms with Gasteiger partial charge in [-0.25, -0.2) is 0 Å². The largest absolute Gasteiger partial charge is 0.492 e. The van der Waals surface area contributed by atoms with Gasteiger partial charge in [0.15, 0.2) is 0 Å². The molecule has 0 aromatic heterocycles. The quantitative estimate of drug-likeness (QED) is 0.819. The number of hydrogen-bond donors (Lipinski definition) is 0. The van der Waals surface area contributed by atoms with Crippen LogP contribution in [0.5, 0.6) is 5.75 Å². The van der Waals surface area contributed by atoms with Crippen LogP contribution in [0, 0.1) is 5.92 Å². The molecule has 3 rings (SSSR count). The summed E-state index contributed by atoms with van der Waals surface area (Å²) in [7, 11) is 0. The predicted molar refractivity (Wildman–Crippen MR) is 92.1 cm³/mol. The van der Waals surface area contributed by atoms with Crippen LogP contribution in [0.3, 0.4) is 0 Å². The summed E-state index contributed by atoms with van der Waals surface area (Å²) in [6.45, 7) is 7.70. The molecule has 1 aliphatic heterocycles. The topological polar surface area (TPSA) is 12.5 Å². The average molecular weight is 301 g/mol. The van der Waals surface area contributed by atoms with Gasteiger partial charge in [-0.3, -0.25) is 4.90 Å². The molecule has 1 saturated heterocycles. The predicted octanol–water partition coefficient (Wildman–Crippen LogP) is 4.25. The minimum Gasteiger partial charge on any atom is -0.492 e. The Morgan fingerprint density at radius 1 is 1.19 bits per heavy atom. The zero-order chi connectivity index (χ0) is 14.7. The van der Waals surface area contributed by atoms with E-state index in [2.05, 4.69) is 61.2 Å². The van der Waals surface area contributed by atoms with Gasteiger partial charge in [0.05, 0.1) is 5.25 Å². The third-order valence-corrected chi connectivity index (χ3v) is 5.02. The van der Waals surface area contributed by atoms with Crippen molar-refractivity contribution >= 4 is 22.5 Å². The zero-order valence-corrected chi connectivity index (χ0v) is 13.6. The summed E-state index contributed by atoms with van der Waals surface area (Å²) >= 11 is 2.02. The molecule has 2 nitrogen and oxygen atoms in total. The lowest BCUT2D eigenvalue weighted by atomic mass is 10.1. The molecule has 0 radical (unpaired) electrons. The Hall–Kier alpha value is -1.19. The Kier molecular flexibility index (Phi) is 4.71. The molecule has 0 N–H and O–H groups in total. The van der Waals surface area contributed by atoms with Gasteiger partial charge in [0, 0.05) is 24.4 Å². The molecule has 1 fully saturated rings. The van der Waals surface area contributed by atoms with Gasteiger partial charge in [-0.1, -0.05) is 50.2 Å². The molecule has 112 valence electrons. The van der Waals surface area contributed by atoms with Gasteiger partial charge in [-0.05, 0) is 17.4 Å². The van der Waals surface area contributed by atoms with Crippen LogP contribution in [0.25, 0.3) is 10.8 Å². The van der Waals surface area contributed by atoms with Gasteiger partial charge in [-0.15, -0.1) is 11.8 Å². The monoisotopic (exact) mass is 301 g/mol. The second-order valence-electron chi connectivity index (χ2n) is 6.14. The van der Waals surface area contributed by atoms with Crippen LogP contribution >= 0.6 is 11.8 Å². The molecular weight excluding hydrogens is 278 g/mol. The standard InChI is InChI=1S/C18H23NOS/c1-14(2)10-19-11-16(21-13-19)12-20-18-9-5-7-15-6-3-4-8-17(15)18/h3-9,14,16H,10-13H2,1-2H3/t16-/m1/s1. The van der Waals surface area contributed by atoms with E-state index in [1.54, 1.807) is 0 Å². The number of hydrogen-bond acceptors (Lipinski definition) is 3. The van der Waals surface area contributed by atoms with E-state index in [0.717, 1.165) is 30.7 Å². The molecule has 0 amide bonds. The molecule has 21 heavy (non-hydrogen) atoms. The minimum absolute atomic E-state index is 0.586. The van der Waals surface area contributed by atoms with Crippen LogP contribution in [-0.4, -0.2) is 35.7 Å². The van der Waals surface area contributed by atoms with Crippen molar-refractivity contribution in [1.82, 2.24) is 4.90 Å². The van der Waals surface area contributed by atoms with Crippen LogP contribution in [0.15, 0.2) is 42.5 Å². The molecule has 0 unspecified atom stereocenters. The number of ether oxygens (including phenoxy) is 1. The molecule has 0 saturated carbocycles. The van der Waals surface area contributed by atoms with Crippen LogP contribution < -0.4 is 4.74 Å². The van der Waals surface area contributed by atoms with E-state index in [1.165, 1.54) is 17.3 Å². The summed E-state index contributed by atoms with van der Waals surface area (Å²) in [6.07, 6.45) is 0. The first-order valence-corrected chi connectivity index (χ1v) is 8.72. The first kappa shape index (κ1) is 14.7. The normalized spacial score (nSPS) is 19.5. The van der Waals surface area contributed by atoms with Crippen molar-refractivity contribution in [3.05, 3.63) is 42.5 Å². The third kappa shape index (κ3) is 3.72. The second kappa shape index (κ2) is 6.71. The Morgan fingerprint density at radius 2 is 2.00 bits per heavy atom. The summed E-state index contributed by atoms with van der Waals surface area (Å²) in [4.78, 5) is 2.53. The van der Waals surface area contributed by atoms with E-state index < -0.39 is 0 Å². The van der Waals surface area contributed by atoms with Crippen molar-refractivity contribution in [2.45, 2.75) is 19.1 Å². The van der Waals surface area contributed by atoms with Crippen molar-refractivity contribution in [2.75, 3.05) is 25.6 Å². The number of thioether (sulfide) groups is 1. The highest BCUT2D eigenvalue weighted by Gasteiger charge is 2.24. The summed E-state index contributed by atoms with van der Waals surface area (Å²) < 4.78 is 6.11. The van der Waals surface area contributed by atoms with E-state index in [4.69, 9.17) is 4.74 Å². The highest BCUT2D eigenvalue weighted by molar-refractivity contribution is 8.00. The SMILES string of the molecule is CC(C)CN1CS[C@@H](COc2cccc3ccccc23)C1. The van der Waals surface area contributed by atoms with Gasteiger partial charge in [0.25, 0.3) is 0 Å². The fourth-order valence-corrected chi connectivity index (χ4v) is 3.97. The van der Waals surface area contributed by atoms with E-state index in [0.29, 0.717) is 5.25 Å². The number of nitrogens with zero attached hydrogens (tertiary/aromatic N) is 1. The Balaban J connectivity index is 1.60. The zero-order valence-electron chi connectivity index (χ0n) is 12.8. The van der Waals surface area contributed by atoms with E-state index in [-0.39, 0.29) is 0 Å². The van der Waals surface area contributed by atoms with Crippen molar-refractivity contribution < 1.29 is 4.74 Å². The summed E-state index contributed by atoms with van der Waals surface area (Å²) in [5.41, 5.74) is 0. The fraction of sp³-hybridized carbons (Fsp3) is 0.444. The maximum absolute atomic E-state index is 6.11. The highest BCUT2D eigenvalue weighted by atomic mass is 32.2. The molecule has 1 aliphatic rings. The van der Waals surface area contributed by atoms with E-state index >= 15 is 0 Å². The molecule has 0 spiro atoms. The van der Waals surface area contributed by atoms with Crippen molar-refractivity contribution in [1.29, 1.82) is 0 Å². The van der Waals surface area contributed by atoms with Crippen LogP contribution in [0.1, 0.15) is 13.8 Å². The van der Waals surface area contributed by atoms with Gasteiger partial charge in [0.1, 0.15) is 12.4 Å². The first-order chi connectivity index (χ1) is 10.2. The average Bonchev–Trinajstić information content (AvgIpc) is 2.92.